The highest BCUT2D eigenvalue weighted by Gasteiger charge is 2.21. The molecule has 0 saturated heterocycles. The Kier molecular flexibility index (Phi) is 3.13. The summed E-state index contributed by atoms with van der Waals surface area (Å²) in [6.07, 6.45) is 4.52. The van der Waals surface area contributed by atoms with Crippen LogP contribution in [0.25, 0.3) is 0 Å². The third-order valence-electron chi connectivity index (χ3n) is 2.35. The van der Waals surface area contributed by atoms with Crippen LogP contribution in [0.1, 0.15) is 32.1 Å². The lowest BCUT2D eigenvalue weighted by molar-refractivity contribution is 0.0616. The van der Waals surface area contributed by atoms with Gasteiger partial charge in [0, 0.05) is 0 Å². The summed E-state index contributed by atoms with van der Waals surface area (Å²) in [5.74, 6) is 0.249. The van der Waals surface area contributed by atoms with Crippen LogP contribution in [0.4, 0.5) is 4.39 Å². The first-order valence-electron chi connectivity index (χ1n) is 4.08. The predicted molar refractivity (Wildman–Crippen MR) is 38.6 cm³/mol. The molecule has 1 nitrogen and oxygen atoms in total. The van der Waals surface area contributed by atoms with Gasteiger partial charge >= 0.3 is 0 Å². The Morgan fingerprint density at radius 3 is 2.60 bits per heavy atom. The number of alkyl halides is 1. The van der Waals surface area contributed by atoms with Crippen molar-refractivity contribution in [1.82, 2.24) is 0 Å². The highest BCUT2D eigenvalue weighted by molar-refractivity contribution is 4.73. The molecule has 0 aromatic heterocycles. The van der Waals surface area contributed by atoms with Gasteiger partial charge in [0.2, 0.25) is 0 Å². The van der Waals surface area contributed by atoms with Crippen molar-refractivity contribution in [3.8, 4) is 0 Å². The fourth-order valence-corrected chi connectivity index (χ4v) is 1.66. The molecule has 1 rings (SSSR count). The van der Waals surface area contributed by atoms with E-state index < -0.39 is 0 Å². The molecule has 1 aliphatic carbocycles. The van der Waals surface area contributed by atoms with Gasteiger partial charge in [-0.3, -0.25) is 4.39 Å². The second kappa shape index (κ2) is 3.91. The third kappa shape index (κ3) is 1.94. The van der Waals surface area contributed by atoms with Gasteiger partial charge in [-0.15, -0.1) is 0 Å². The van der Waals surface area contributed by atoms with E-state index in [2.05, 4.69) is 0 Å². The van der Waals surface area contributed by atoms with Crippen LogP contribution in [-0.4, -0.2) is 17.9 Å². The van der Waals surface area contributed by atoms with E-state index in [4.69, 9.17) is 0 Å². The van der Waals surface area contributed by atoms with Gasteiger partial charge in [0.05, 0.1) is 12.8 Å². The van der Waals surface area contributed by atoms with E-state index >= 15 is 0 Å². The maximum Gasteiger partial charge on any atom is 0.0898 e. The summed E-state index contributed by atoms with van der Waals surface area (Å²) < 4.78 is 11.8. The molecule has 60 valence electrons. The summed E-state index contributed by atoms with van der Waals surface area (Å²) in [5, 5.41) is 9.33. The molecule has 2 unspecified atom stereocenters. The van der Waals surface area contributed by atoms with Gasteiger partial charge in [0.25, 0.3) is 0 Å². The van der Waals surface area contributed by atoms with Gasteiger partial charge in [-0.1, -0.05) is 12.8 Å². The van der Waals surface area contributed by atoms with E-state index in [0.717, 1.165) is 19.3 Å². The van der Waals surface area contributed by atoms with E-state index in [1.165, 1.54) is 6.42 Å². The quantitative estimate of drug-likeness (QED) is 0.630. The first kappa shape index (κ1) is 7.99. The molecule has 0 amide bonds. The summed E-state index contributed by atoms with van der Waals surface area (Å²) in [6.45, 7) is -0.276. The summed E-state index contributed by atoms with van der Waals surface area (Å²) in [5.41, 5.74) is 0. The van der Waals surface area contributed by atoms with E-state index in [9.17, 15) is 9.50 Å². The number of halogens is 1. The lowest BCUT2D eigenvalue weighted by Gasteiger charge is -2.26. The van der Waals surface area contributed by atoms with Crippen molar-refractivity contribution < 1.29 is 9.50 Å². The maximum atomic E-state index is 11.8. The SMILES string of the molecule is OC1CCCCC1CCF. The van der Waals surface area contributed by atoms with Gasteiger partial charge in [0.15, 0.2) is 0 Å². The van der Waals surface area contributed by atoms with Crippen LogP contribution in [0.15, 0.2) is 0 Å². The van der Waals surface area contributed by atoms with Crippen LogP contribution in [-0.2, 0) is 0 Å². The zero-order valence-electron chi connectivity index (χ0n) is 6.22. The second-order valence-electron chi connectivity index (χ2n) is 3.09. The maximum absolute atomic E-state index is 11.8. The molecule has 1 N–H and O–H groups in total. The summed E-state index contributed by atoms with van der Waals surface area (Å²) in [7, 11) is 0. The van der Waals surface area contributed by atoms with Crippen molar-refractivity contribution in [1.29, 1.82) is 0 Å². The van der Waals surface area contributed by atoms with E-state index in [1.54, 1.807) is 0 Å². The average Bonchev–Trinajstić information content (AvgIpc) is 1.94. The Hall–Kier alpha value is -0.110. The minimum absolute atomic E-state index is 0.218. The minimum Gasteiger partial charge on any atom is -0.393 e. The Bertz CT molecular complexity index is 93.3. The van der Waals surface area contributed by atoms with Crippen LogP contribution >= 0.6 is 0 Å². The molecule has 0 aliphatic heterocycles. The molecule has 0 heterocycles. The zero-order chi connectivity index (χ0) is 7.40. The topological polar surface area (TPSA) is 20.2 Å². The van der Waals surface area contributed by atoms with Gasteiger partial charge in [-0.05, 0) is 25.2 Å². The molecule has 2 heteroatoms. The minimum atomic E-state index is -0.276. The van der Waals surface area contributed by atoms with Crippen LogP contribution in [0.3, 0.4) is 0 Å². The average molecular weight is 146 g/mol. The molecule has 0 radical (unpaired) electrons. The molecule has 0 aromatic rings. The Morgan fingerprint density at radius 2 is 2.00 bits per heavy atom. The van der Waals surface area contributed by atoms with Crippen LogP contribution < -0.4 is 0 Å². The van der Waals surface area contributed by atoms with Crippen LogP contribution in [0, 0.1) is 5.92 Å². The summed E-state index contributed by atoms with van der Waals surface area (Å²) >= 11 is 0. The molecule has 10 heavy (non-hydrogen) atoms. The monoisotopic (exact) mass is 146 g/mol. The van der Waals surface area contributed by atoms with Crippen molar-refractivity contribution in [3.63, 3.8) is 0 Å². The molecule has 1 saturated carbocycles. The Balaban J connectivity index is 2.25. The van der Waals surface area contributed by atoms with E-state index in [1.807, 2.05) is 0 Å². The summed E-state index contributed by atoms with van der Waals surface area (Å²) in [6, 6.07) is 0. The standard InChI is InChI=1S/C8H15FO/c9-6-5-7-3-1-2-4-8(7)10/h7-8,10H,1-6H2. The lowest BCUT2D eigenvalue weighted by atomic mass is 9.85. The van der Waals surface area contributed by atoms with Crippen molar-refractivity contribution >= 4 is 0 Å². The molecular weight excluding hydrogens is 131 g/mol. The van der Waals surface area contributed by atoms with Gasteiger partial charge < -0.3 is 5.11 Å². The predicted octanol–water partition coefficient (Wildman–Crippen LogP) is 1.90. The first-order valence-corrected chi connectivity index (χ1v) is 4.08. The van der Waals surface area contributed by atoms with Crippen molar-refractivity contribution in [2.45, 2.75) is 38.2 Å². The van der Waals surface area contributed by atoms with Gasteiger partial charge in [-0.2, -0.15) is 0 Å². The molecule has 1 fully saturated rings. The van der Waals surface area contributed by atoms with Crippen molar-refractivity contribution in [3.05, 3.63) is 0 Å². The number of hydrogen-bond acceptors (Lipinski definition) is 1. The molecule has 0 bridgehead atoms. The molecule has 0 aromatic carbocycles. The highest BCUT2D eigenvalue weighted by atomic mass is 19.1. The van der Waals surface area contributed by atoms with Crippen LogP contribution in [0.5, 0.6) is 0 Å². The molecule has 0 spiro atoms. The molecule has 1 aliphatic rings. The van der Waals surface area contributed by atoms with Crippen molar-refractivity contribution in [2.75, 3.05) is 6.67 Å². The Labute approximate surface area is 61.2 Å². The van der Waals surface area contributed by atoms with E-state index in [-0.39, 0.29) is 18.7 Å². The number of aliphatic hydroxyl groups is 1. The number of aliphatic hydroxyl groups excluding tert-OH is 1. The van der Waals surface area contributed by atoms with Gasteiger partial charge in [-0.25, -0.2) is 0 Å². The fraction of sp³-hybridized carbons (Fsp3) is 1.00. The third-order valence-corrected chi connectivity index (χ3v) is 2.35. The zero-order valence-corrected chi connectivity index (χ0v) is 6.22. The molecular formula is C8H15FO. The number of hydrogen-bond donors (Lipinski definition) is 1. The summed E-state index contributed by atoms with van der Waals surface area (Å²) in [4.78, 5) is 0. The van der Waals surface area contributed by atoms with Gasteiger partial charge in [0.1, 0.15) is 0 Å². The largest absolute Gasteiger partial charge is 0.393 e. The highest BCUT2D eigenvalue weighted by Crippen LogP contribution is 2.26. The smallest absolute Gasteiger partial charge is 0.0898 e. The van der Waals surface area contributed by atoms with Crippen molar-refractivity contribution in [2.24, 2.45) is 5.92 Å². The van der Waals surface area contributed by atoms with E-state index in [0.29, 0.717) is 6.42 Å². The Morgan fingerprint density at radius 1 is 1.30 bits per heavy atom. The lowest BCUT2D eigenvalue weighted by Crippen LogP contribution is -2.24. The normalized spacial score (nSPS) is 34.2. The fourth-order valence-electron chi connectivity index (χ4n) is 1.66. The van der Waals surface area contributed by atoms with Crippen LogP contribution in [0.2, 0.25) is 0 Å². The number of rotatable bonds is 2. The molecule has 2 atom stereocenters. The first-order chi connectivity index (χ1) is 4.84. The second-order valence-corrected chi connectivity index (χ2v) is 3.09.